The Balaban J connectivity index is 1.54. The van der Waals surface area contributed by atoms with Crippen LogP contribution in [0.15, 0.2) is 18.7 Å². The summed E-state index contributed by atoms with van der Waals surface area (Å²) in [6.45, 7) is 5.28. The lowest BCUT2D eigenvalue weighted by Crippen LogP contribution is -2.36. The topological polar surface area (TPSA) is 51.8 Å². The lowest BCUT2D eigenvalue weighted by atomic mass is 9.98. The Morgan fingerprint density at radius 3 is 3.09 bits per heavy atom. The van der Waals surface area contributed by atoms with Crippen molar-refractivity contribution in [2.75, 3.05) is 18.0 Å². The second kappa shape index (κ2) is 5.39. The van der Waals surface area contributed by atoms with E-state index in [0.717, 1.165) is 36.1 Å². The molecular weight excluding hydrogens is 296 g/mol. The standard InChI is InChI=1S/C15H20N6S/c1-11-13-14(19(2)18-11)17-15(22-13)21-6-3-4-12(9-21)8-20-7-5-16-10-20/h5,7,10,12H,3-4,6,8-9H2,1-2H3/t12-/m0/s1. The molecule has 0 N–H and O–H groups in total. The maximum Gasteiger partial charge on any atom is 0.188 e. The SMILES string of the molecule is Cc1nn(C)c2nc(N3CCC[C@@H](Cn4ccnc4)C3)sc12. The average Bonchev–Trinajstić information content (AvgIpc) is 3.20. The van der Waals surface area contributed by atoms with Crippen molar-refractivity contribution in [3.05, 3.63) is 24.4 Å². The molecule has 1 aliphatic heterocycles. The highest BCUT2D eigenvalue weighted by Crippen LogP contribution is 2.33. The van der Waals surface area contributed by atoms with Gasteiger partial charge in [0.25, 0.3) is 0 Å². The van der Waals surface area contributed by atoms with Crippen molar-refractivity contribution in [2.45, 2.75) is 26.3 Å². The summed E-state index contributed by atoms with van der Waals surface area (Å²) in [5.74, 6) is 0.661. The summed E-state index contributed by atoms with van der Waals surface area (Å²) < 4.78 is 5.28. The van der Waals surface area contributed by atoms with E-state index in [0.29, 0.717) is 5.92 Å². The molecular formula is C15H20N6S. The molecule has 4 rings (SSSR count). The lowest BCUT2D eigenvalue weighted by Gasteiger charge is -2.32. The van der Waals surface area contributed by atoms with Gasteiger partial charge >= 0.3 is 0 Å². The third kappa shape index (κ3) is 2.39. The summed E-state index contributed by atoms with van der Waals surface area (Å²) >= 11 is 1.77. The number of piperidine rings is 1. The van der Waals surface area contributed by atoms with Crippen molar-refractivity contribution in [1.29, 1.82) is 0 Å². The summed E-state index contributed by atoms with van der Waals surface area (Å²) in [5, 5.41) is 5.58. The highest BCUT2D eigenvalue weighted by molar-refractivity contribution is 7.22. The Morgan fingerprint density at radius 1 is 1.41 bits per heavy atom. The number of aryl methyl sites for hydroxylation is 2. The van der Waals surface area contributed by atoms with E-state index in [2.05, 4.69) is 26.5 Å². The zero-order chi connectivity index (χ0) is 15.1. The van der Waals surface area contributed by atoms with E-state index >= 15 is 0 Å². The lowest BCUT2D eigenvalue weighted by molar-refractivity contribution is 0.366. The molecule has 0 unspecified atom stereocenters. The highest BCUT2D eigenvalue weighted by atomic mass is 32.1. The zero-order valence-electron chi connectivity index (χ0n) is 12.9. The first-order valence-corrected chi connectivity index (χ1v) is 8.53. The van der Waals surface area contributed by atoms with Crippen molar-refractivity contribution in [3.8, 4) is 0 Å². The molecule has 1 saturated heterocycles. The molecule has 0 spiro atoms. The molecule has 0 radical (unpaired) electrons. The fourth-order valence-corrected chi connectivity index (χ4v) is 4.36. The van der Waals surface area contributed by atoms with Crippen LogP contribution in [-0.4, -0.2) is 37.4 Å². The van der Waals surface area contributed by atoms with Crippen LogP contribution >= 0.6 is 11.3 Å². The fourth-order valence-electron chi connectivity index (χ4n) is 3.29. The number of anilines is 1. The molecule has 3 aromatic heterocycles. The molecule has 0 amide bonds. The average molecular weight is 316 g/mol. The number of imidazole rings is 1. The minimum Gasteiger partial charge on any atom is -0.348 e. The van der Waals surface area contributed by atoms with Gasteiger partial charge in [0.05, 0.1) is 16.7 Å². The van der Waals surface area contributed by atoms with Crippen LogP contribution in [-0.2, 0) is 13.6 Å². The summed E-state index contributed by atoms with van der Waals surface area (Å²) in [5.41, 5.74) is 2.09. The predicted molar refractivity (Wildman–Crippen MR) is 88.3 cm³/mol. The number of aromatic nitrogens is 5. The van der Waals surface area contributed by atoms with Gasteiger partial charge in [-0.15, -0.1) is 0 Å². The largest absolute Gasteiger partial charge is 0.348 e. The van der Waals surface area contributed by atoms with E-state index in [1.165, 1.54) is 17.5 Å². The van der Waals surface area contributed by atoms with E-state index in [1.54, 1.807) is 11.3 Å². The van der Waals surface area contributed by atoms with Gasteiger partial charge in [0.2, 0.25) is 0 Å². The molecule has 6 nitrogen and oxygen atoms in total. The van der Waals surface area contributed by atoms with Gasteiger partial charge in [-0.2, -0.15) is 5.10 Å². The van der Waals surface area contributed by atoms with E-state index < -0.39 is 0 Å². The predicted octanol–water partition coefficient (Wildman–Crippen LogP) is 2.45. The van der Waals surface area contributed by atoms with Crippen LogP contribution < -0.4 is 4.90 Å². The molecule has 1 aliphatic rings. The Hall–Kier alpha value is -1.89. The maximum absolute atomic E-state index is 4.81. The Morgan fingerprint density at radius 2 is 2.32 bits per heavy atom. The molecule has 0 aromatic carbocycles. The van der Waals surface area contributed by atoms with Crippen molar-refractivity contribution >= 4 is 26.8 Å². The first-order valence-electron chi connectivity index (χ1n) is 7.71. The molecule has 4 heterocycles. The number of nitrogens with zero attached hydrogens (tertiary/aromatic N) is 6. The van der Waals surface area contributed by atoms with Gasteiger partial charge in [-0.3, -0.25) is 0 Å². The van der Waals surface area contributed by atoms with Gasteiger partial charge in [0.1, 0.15) is 0 Å². The molecule has 0 aliphatic carbocycles. The van der Waals surface area contributed by atoms with Crippen LogP contribution in [0.2, 0.25) is 0 Å². The smallest absolute Gasteiger partial charge is 0.188 e. The number of hydrogen-bond acceptors (Lipinski definition) is 5. The first-order chi connectivity index (χ1) is 10.7. The Labute approximate surface area is 133 Å². The van der Waals surface area contributed by atoms with Crippen LogP contribution in [0.25, 0.3) is 10.3 Å². The van der Waals surface area contributed by atoms with Crippen molar-refractivity contribution in [2.24, 2.45) is 13.0 Å². The minimum atomic E-state index is 0.661. The Bertz CT molecular complexity index is 737. The fraction of sp³-hybridized carbons (Fsp3) is 0.533. The van der Waals surface area contributed by atoms with Gasteiger partial charge in [-0.25, -0.2) is 14.6 Å². The summed E-state index contributed by atoms with van der Waals surface area (Å²) in [4.78, 5) is 11.4. The summed E-state index contributed by atoms with van der Waals surface area (Å²) in [6, 6.07) is 0. The molecule has 1 fully saturated rings. The minimum absolute atomic E-state index is 0.661. The van der Waals surface area contributed by atoms with Gasteiger partial charge in [-0.1, -0.05) is 11.3 Å². The third-order valence-electron chi connectivity index (χ3n) is 4.35. The number of hydrogen-bond donors (Lipinski definition) is 0. The normalized spacial score (nSPS) is 19.2. The van der Waals surface area contributed by atoms with Crippen LogP contribution in [0, 0.1) is 12.8 Å². The van der Waals surface area contributed by atoms with Crippen LogP contribution in [0.5, 0.6) is 0 Å². The number of thiazole rings is 1. The van der Waals surface area contributed by atoms with Crippen molar-refractivity contribution in [3.63, 3.8) is 0 Å². The molecule has 116 valence electrons. The first kappa shape index (κ1) is 13.8. The number of rotatable bonds is 3. The van der Waals surface area contributed by atoms with Crippen LogP contribution in [0.4, 0.5) is 5.13 Å². The molecule has 7 heteroatoms. The third-order valence-corrected chi connectivity index (χ3v) is 5.57. The van der Waals surface area contributed by atoms with E-state index in [-0.39, 0.29) is 0 Å². The molecule has 3 aromatic rings. The molecule has 0 saturated carbocycles. The van der Waals surface area contributed by atoms with E-state index in [4.69, 9.17) is 4.98 Å². The second-order valence-corrected chi connectivity index (χ2v) is 7.05. The van der Waals surface area contributed by atoms with Gasteiger partial charge < -0.3 is 9.47 Å². The molecule has 1 atom stereocenters. The monoisotopic (exact) mass is 316 g/mol. The van der Waals surface area contributed by atoms with Gasteiger partial charge in [0, 0.05) is 39.1 Å². The van der Waals surface area contributed by atoms with Crippen LogP contribution in [0.3, 0.4) is 0 Å². The quantitative estimate of drug-likeness (QED) is 0.745. The number of fused-ring (bicyclic) bond motifs is 1. The summed E-state index contributed by atoms with van der Waals surface area (Å²) in [6.07, 6.45) is 8.31. The molecule has 22 heavy (non-hydrogen) atoms. The Kier molecular flexibility index (Phi) is 3.37. The van der Waals surface area contributed by atoms with Gasteiger partial charge in [-0.05, 0) is 25.7 Å². The zero-order valence-corrected chi connectivity index (χ0v) is 13.8. The van der Waals surface area contributed by atoms with E-state index in [9.17, 15) is 0 Å². The van der Waals surface area contributed by atoms with Crippen molar-refractivity contribution in [1.82, 2.24) is 24.3 Å². The molecule has 0 bridgehead atoms. The summed E-state index contributed by atoms with van der Waals surface area (Å²) in [7, 11) is 1.97. The maximum atomic E-state index is 4.81. The van der Waals surface area contributed by atoms with Crippen molar-refractivity contribution < 1.29 is 0 Å². The second-order valence-electron chi connectivity index (χ2n) is 6.07. The highest BCUT2D eigenvalue weighted by Gasteiger charge is 2.23. The van der Waals surface area contributed by atoms with Gasteiger partial charge in [0.15, 0.2) is 10.8 Å². The van der Waals surface area contributed by atoms with Crippen LogP contribution in [0.1, 0.15) is 18.5 Å². The van der Waals surface area contributed by atoms with E-state index in [1.807, 2.05) is 30.5 Å².